The molecular weight excluding hydrogens is 457 g/mol. The van der Waals surface area contributed by atoms with Gasteiger partial charge in [-0.25, -0.2) is 0 Å². The number of carbonyl (C=O) groups is 1. The van der Waals surface area contributed by atoms with Gasteiger partial charge in [0.15, 0.2) is 0 Å². The predicted octanol–water partition coefficient (Wildman–Crippen LogP) is 4.78. The van der Waals surface area contributed by atoms with E-state index in [0.717, 1.165) is 41.4 Å². The van der Waals surface area contributed by atoms with E-state index < -0.39 is 0 Å². The number of hydrogen-bond acceptors (Lipinski definition) is 3. The molecule has 2 aliphatic rings. The summed E-state index contributed by atoms with van der Waals surface area (Å²) in [7, 11) is 0. The second kappa shape index (κ2) is 9.67. The van der Waals surface area contributed by atoms with Gasteiger partial charge in [-0.3, -0.25) is 9.69 Å². The van der Waals surface area contributed by atoms with Crippen LogP contribution in [0.2, 0.25) is 0 Å². The first kappa shape index (κ1) is 20.4. The van der Waals surface area contributed by atoms with Crippen molar-refractivity contribution in [1.29, 1.82) is 0 Å². The van der Waals surface area contributed by atoms with Gasteiger partial charge in [0.2, 0.25) is 0 Å². The molecule has 2 atom stereocenters. The van der Waals surface area contributed by atoms with E-state index in [-0.39, 0.29) is 18.5 Å². The van der Waals surface area contributed by atoms with Gasteiger partial charge in [0.1, 0.15) is 5.78 Å². The Kier molecular flexibility index (Phi) is 8.21. The maximum Gasteiger partial charge on any atom is 0.148 e. The van der Waals surface area contributed by atoms with Crippen LogP contribution < -0.4 is 0 Å². The van der Waals surface area contributed by atoms with Crippen LogP contribution in [-0.2, 0) is 16.0 Å². The Morgan fingerprint density at radius 2 is 2.00 bits per heavy atom. The molecule has 1 aromatic carbocycles. The highest BCUT2D eigenvalue weighted by Gasteiger charge is 2.34. The van der Waals surface area contributed by atoms with Gasteiger partial charge in [-0.2, -0.15) is 0 Å². The summed E-state index contributed by atoms with van der Waals surface area (Å²) in [6, 6.07) is 6.71. The fourth-order valence-corrected chi connectivity index (χ4v) is 4.92. The molecule has 0 aromatic heterocycles. The Morgan fingerprint density at radius 3 is 2.71 bits per heavy atom. The van der Waals surface area contributed by atoms with Crippen molar-refractivity contribution in [2.24, 2.45) is 0 Å². The minimum atomic E-state index is 0. The number of carbonyl (C=O) groups excluding carboxylic acids is 1. The molecule has 0 radical (unpaired) electrons. The fourth-order valence-electron chi connectivity index (χ4n) is 3.67. The van der Waals surface area contributed by atoms with Crippen molar-refractivity contribution in [2.45, 2.75) is 50.7 Å². The second-order valence-corrected chi connectivity index (χ2v) is 8.28. The largest absolute Gasteiger partial charge is 0.376 e. The van der Waals surface area contributed by atoms with Crippen LogP contribution in [0.4, 0.5) is 0 Å². The molecule has 24 heavy (non-hydrogen) atoms. The minimum Gasteiger partial charge on any atom is -0.376 e. The van der Waals surface area contributed by atoms with Gasteiger partial charge >= 0.3 is 0 Å². The molecule has 1 saturated carbocycles. The van der Waals surface area contributed by atoms with E-state index in [4.69, 9.17) is 4.74 Å². The normalized spacial score (nSPS) is 24.8. The maximum absolute atomic E-state index is 11.6. The average molecular weight is 482 g/mol. The summed E-state index contributed by atoms with van der Waals surface area (Å²) >= 11 is 7.10. The summed E-state index contributed by atoms with van der Waals surface area (Å²) in [6.07, 6.45) is 6.70. The van der Waals surface area contributed by atoms with Crippen molar-refractivity contribution in [2.75, 3.05) is 19.7 Å². The lowest BCUT2D eigenvalue weighted by Crippen LogP contribution is -2.45. The number of nitrogens with zero attached hydrogens (tertiary/aromatic N) is 1. The third-order valence-electron chi connectivity index (χ3n) is 4.91. The molecule has 134 valence electrons. The van der Waals surface area contributed by atoms with Crippen molar-refractivity contribution in [1.82, 2.24) is 4.90 Å². The maximum atomic E-state index is 11.6. The highest BCUT2D eigenvalue weighted by atomic mass is 79.9. The first-order valence-electron chi connectivity index (χ1n) is 8.45. The molecule has 0 amide bonds. The SMILES string of the molecule is Cl.O=C1CCN([C@@H]2CCCC[C@H]2OCCc2ccc(Br)cc2Br)C1. The molecule has 0 unspecified atom stereocenters. The monoisotopic (exact) mass is 479 g/mol. The third kappa shape index (κ3) is 5.28. The number of Topliss-reactive ketones (excluding diaryl/α,β-unsaturated/α-hetero) is 1. The van der Waals surface area contributed by atoms with Crippen LogP contribution >= 0.6 is 44.3 Å². The first-order chi connectivity index (χ1) is 11.1. The predicted molar refractivity (Wildman–Crippen MR) is 106 cm³/mol. The Balaban J connectivity index is 0.00000208. The van der Waals surface area contributed by atoms with E-state index in [1.54, 1.807) is 0 Å². The zero-order valence-corrected chi connectivity index (χ0v) is 17.7. The molecule has 1 aromatic rings. The number of likely N-dealkylation sites (tertiary alicyclic amines) is 1. The van der Waals surface area contributed by atoms with Gasteiger partial charge in [0.25, 0.3) is 0 Å². The highest BCUT2D eigenvalue weighted by molar-refractivity contribution is 9.11. The van der Waals surface area contributed by atoms with Crippen molar-refractivity contribution >= 4 is 50.1 Å². The zero-order chi connectivity index (χ0) is 16.2. The molecule has 3 rings (SSSR count). The average Bonchev–Trinajstić information content (AvgIpc) is 2.96. The van der Waals surface area contributed by atoms with Gasteiger partial charge in [-0.05, 0) is 37.0 Å². The molecule has 3 nitrogen and oxygen atoms in total. The molecule has 0 spiro atoms. The number of halogens is 3. The van der Waals surface area contributed by atoms with Crippen LogP contribution in [0.15, 0.2) is 27.1 Å². The number of benzene rings is 1. The van der Waals surface area contributed by atoms with Gasteiger partial charge in [0, 0.05) is 28.0 Å². The van der Waals surface area contributed by atoms with Crippen molar-refractivity contribution in [3.05, 3.63) is 32.7 Å². The van der Waals surface area contributed by atoms with E-state index in [2.05, 4.69) is 55.0 Å². The van der Waals surface area contributed by atoms with Gasteiger partial charge in [-0.15, -0.1) is 12.4 Å². The Labute approximate surface area is 167 Å². The number of rotatable bonds is 5. The van der Waals surface area contributed by atoms with Crippen LogP contribution in [0.5, 0.6) is 0 Å². The number of ketones is 1. The number of hydrogen-bond donors (Lipinski definition) is 0. The molecular formula is C18H24Br2ClNO2. The zero-order valence-electron chi connectivity index (χ0n) is 13.7. The minimum absolute atomic E-state index is 0. The Hall–Kier alpha value is 0.0600. The molecule has 1 saturated heterocycles. The quantitative estimate of drug-likeness (QED) is 0.606. The lowest BCUT2D eigenvalue weighted by molar-refractivity contribution is -0.117. The summed E-state index contributed by atoms with van der Waals surface area (Å²) in [4.78, 5) is 13.9. The lowest BCUT2D eigenvalue weighted by Gasteiger charge is -2.37. The lowest BCUT2D eigenvalue weighted by atomic mass is 9.91. The van der Waals surface area contributed by atoms with Crippen LogP contribution in [0, 0.1) is 0 Å². The second-order valence-electron chi connectivity index (χ2n) is 6.51. The Morgan fingerprint density at radius 1 is 1.21 bits per heavy atom. The third-order valence-corrected chi connectivity index (χ3v) is 6.14. The fraction of sp³-hybridized carbons (Fsp3) is 0.611. The first-order valence-corrected chi connectivity index (χ1v) is 10.0. The van der Waals surface area contributed by atoms with Gasteiger partial charge in [0.05, 0.1) is 19.3 Å². The van der Waals surface area contributed by atoms with E-state index >= 15 is 0 Å². The smallest absolute Gasteiger partial charge is 0.148 e. The van der Waals surface area contributed by atoms with Crippen LogP contribution in [-0.4, -0.2) is 42.5 Å². The summed E-state index contributed by atoms with van der Waals surface area (Å²) in [5, 5.41) is 0. The van der Waals surface area contributed by atoms with E-state index in [1.807, 2.05) is 0 Å². The topological polar surface area (TPSA) is 29.5 Å². The molecule has 1 heterocycles. The Bertz CT molecular complexity index is 570. The molecule has 0 bridgehead atoms. The summed E-state index contributed by atoms with van der Waals surface area (Å²) < 4.78 is 8.46. The van der Waals surface area contributed by atoms with E-state index in [0.29, 0.717) is 18.4 Å². The summed E-state index contributed by atoms with van der Waals surface area (Å²) in [5.41, 5.74) is 1.27. The molecule has 0 N–H and O–H groups in total. The standard InChI is InChI=1S/C18H23Br2NO2.ClH/c19-14-6-5-13(16(20)11-14)8-10-23-18-4-2-1-3-17(18)21-9-7-15(22)12-21;/h5-6,11,17-18H,1-4,7-10,12H2;1H/t17-,18-;/m1./s1. The molecule has 1 aliphatic carbocycles. The van der Waals surface area contributed by atoms with Crippen LogP contribution in [0.3, 0.4) is 0 Å². The van der Waals surface area contributed by atoms with Crippen LogP contribution in [0.25, 0.3) is 0 Å². The molecule has 1 aliphatic heterocycles. The van der Waals surface area contributed by atoms with Crippen molar-refractivity contribution in [3.63, 3.8) is 0 Å². The van der Waals surface area contributed by atoms with Gasteiger partial charge in [-0.1, -0.05) is 50.8 Å². The molecule has 6 heteroatoms. The summed E-state index contributed by atoms with van der Waals surface area (Å²) in [5.74, 6) is 0.383. The van der Waals surface area contributed by atoms with Gasteiger partial charge < -0.3 is 4.74 Å². The van der Waals surface area contributed by atoms with Crippen LogP contribution in [0.1, 0.15) is 37.7 Å². The highest BCUT2D eigenvalue weighted by Crippen LogP contribution is 2.28. The molecule has 2 fully saturated rings. The van der Waals surface area contributed by atoms with Crippen molar-refractivity contribution in [3.8, 4) is 0 Å². The number of ether oxygens (including phenoxy) is 1. The van der Waals surface area contributed by atoms with Crippen molar-refractivity contribution < 1.29 is 9.53 Å². The van der Waals surface area contributed by atoms with E-state index in [9.17, 15) is 4.79 Å². The van der Waals surface area contributed by atoms with E-state index in [1.165, 1.54) is 24.8 Å². The summed E-state index contributed by atoms with van der Waals surface area (Å²) in [6.45, 7) is 2.29.